The molecule has 0 atom stereocenters. The summed E-state index contributed by atoms with van der Waals surface area (Å²) in [4.78, 5) is 0. The molecule has 0 amide bonds. The summed E-state index contributed by atoms with van der Waals surface area (Å²) in [6, 6.07) is 76.2. The average Bonchev–Trinajstić information content (AvgIpc) is 3.93. The fourth-order valence-corrected chi connectivity index (χ4v) is 10.1. The topological polar surface area (TPSA) is 9.86 Å². The van der Waals surface area contributed by atoms with Gasteiger partial charge in [-0.1, -0.05) is 158 Å². The molecule has 12 aromatic rings. The SMILES string of the molecule is c1ccc(-n2c3ccccc3c3cc(-c4ccc5c6ccc7ccccc7c6n(-c6ccc(-c7ccc8c9c(cccc79)-c7ccccc7-8)cc6)c5c4)ccc32)cc1. The third kappa shape index (κ3) is 4.37. The van der Waals surface area contributed by atoms with Gasteiger partial charge >= 0.3 is 0 Å². The lowest BCUT2D eigenvalue weighted by molar-refractivity contribution is 1.18. The van der Waals surface area contributed by atoms with Crippen LogP contribution in [0.4, 0.5) is 0 Å². The molecule has 2 heteroatoms. The lowest BCUT2D eigenvalue weighted by Gasteiger charge is -2.13. The van der Waals surface area contributed by atoms with Crippen LogP contribution in [0.2, 0.25) is 0 Å². The van der Waals surface area contributed by atoms with Crippen molar-refractivity contribution in [3.05, 3.63) is 206 Å². The highest BCUT2D eigenvalue weighted by Gasteiger charge is 2.23. The summed E-state index contributed by atoms with van der Waals surface area (Å²) < 4.78 is 4.87. The maximum absolute atomic E-state index is 2.49. The number of hydrogen-bond donors (Lipinski definition) is 0. The highest BCUT2D eigenvalue weighted by molar-refractivity contribution is 6.20. The van der Waals surface area contributed by atoms with Crippen molar-refractivity contribution in [3.8, 4) is 55.9 Å². The van der Waals surface area contributed by atoms with Gasteiger partial charge in [0.15, 0.2) is 0 Å². The highest BCUT2D eigenvalue weighted by Crippen LogP contribution is 2.49. The van der Waals surface area contributed by atoms with E-state index < -0.39 is 0 Å². The Hall–Kier alpha value is -7.68. The monoisotopic (exact) mass is 734 g/mol. The van der Waals surface area contributed by atoms with Gasteiger partial charge in [-0.25, -0.2) is 0 Å². The van der Waals surface area contributed by atoms with Gasteiger partial charge in [0, 0.05) is 38.3 Å². The van der Waals surface area contributed by atoms with E-state index >= 15 is 0 Å². The normalized spacial score (nSPS) is 12.1. The Labute approximate surface area is 335 Å². The smallest absolute Gasteiger partial charge is 0.0619 e. The first-order chi connectivity index (χ1) is 28.8. The fourth-order valence-electron chi connectivity index (χ4n) is 10.1. The van der Waals surface area contributed by atoms with E-state index in [1.165, 1.54) is 115 Å². The summed E-state index contributed by atoms with van der Waals surface area (Å²) >= 11 is 0. The summed E-state index contributed by atoms with van der Waals surface area (Å²) in [7, 11) is 0. The van der Waals surface area contributed by atoms with Crippen molar-refractivity contribution in [1.82, 2.24) is 9.13 Å². The maximum atomic E-state index is 2.49. The lowest BCUT2D eigenvalue weighted by Crippen LogP contribution is -1.95. The standard InChI is InChI=1S/C56H34N2/c1-2-12-39(13-3-1)57-52-20-9-8-17-45(52)51-33-37(25-32-53(51)57)38-24-28-46-50-29-23-35-11-4-5-14-42(35)56(50)58(54(46)34-38)40-26-21-36(22-27-40)41-30-31-49-44-16-7-6-15-43(44)48-19-10-18-47(41)55(48)49/h1-34H. The van der Waals surface area contributed by atoms with Crippen molar-refractivity contribution >= 4 is 65.2 Å². The Morgan fingerprint density at radius 2 is 0.845 bits per heavy atom. The molecule has 0 fully saturated rings. The van der Waals surface area contributed by atoms with Crippen LogP contribution in [0.15, 0.2) is 206 Å². The van der Waals surface area contributed by atoms with Crippen molar-refractivity contribution < 1.29 is 0 Å². The zero-order valence-electron chi connectivity index (χ0n) is 31.5. The molecule has 2 heterocycles. The van der Waals surface area contributed by atoms with Crippen LogP contribution in [0.5, 0.6) is 0 Å². The van der Waals surface area contributed by atoms with E-state index in [0.717, 1.165) is 5.69 Å². The van der Waals surface area contributed by atoms with Gasteiger partial charge in [0.05, 0.1) is 22.1 Å². The van der Waals surface area contributed by atoms with Gasteiger partial charge in [-0.15, -0.1) is 0 Å². The first-order valence-electron chi connectivity index (χ1n) is 20.1. The predicted octanol–water partition coefficient (Wildman–Crippen LogP) is 15.2. The quantitative estimate of drug-likeness (QED) is 0.170. The van der Waals surface area contributed by atoms with Crippen LogP contribution < -0.4 is 0 Å². The van der Waals surface area contributed by atoms with Crippen LogP contribution in [0.25, 0.3) is 121 Å². The molecule has 0 unspecified atom stereocenters. The van der Waals surface area contributed by atoms with Crippen LogP contribution in [0.1, 0.15) is 0 Å². The van der Waals surface area contributed by atoms with Crippen molar-refractivity contribution in [2.45, 2.75) is 0 Å². The van der Waals surface area contributed by atoms with E-state index in [0.29, 0.717) is 0 Å². The van der Waals surface area contributed by atoms with Crippen molar-refractivity contribution in [1.29, 1.82) is 0 Å². The summed E-state index contributed by atoms with van der Waals surface area (Å²) in [6.45, 7) is 0. The van der Waals surface area contributed by atoms with E-state index in [2.05, 4.69) is 215 Å². The minimum absolute atomic E-state index is 1.15. The predicted molar refractivity (Wildman–Crippen MR) is 245 cm³/mol. The average molecular weight is 735 g/mol. The Balaban J connectivity index is 0.996. The Morgan fingerprint density at radius 1 is 0.259 bits per heavy atom. The summed E-state index contributed by atoms with van der Waals surface area (Å²) in [5, 5.41) is 10.2. The van der Waals surface area contributed by atoms with E-state index in [1.807, 2.05) is 0 Å². The van der Waals surface area contributed by atoms with Gasteiger partial charge in [0.2, 0.25) is 0 Å². The Kier molecular flexibility index (Phi) is 6.47. The second-order valence-corrected chi connectivity index (χ2v) is 15.7. The van der Waals surface area contributed by atoms with Gasteiger partial charge < -0.3 is 9.13 Å². The van der Waals surface area contributed by atoms with Gasteiger partial charge in [0.1, 0.15) is 0 Å². The number of hydrogen-bond acceptors (Lipinski definition) is 0. The van der Waals surface area contributed by atoms with Crippen LogP contribution in [0, 0.1) is 0 Å². The molecule has 0 spiro atoms. The van der Waals surface area contributed by atoms with Gasteiger partial charge in [-0.3, -0.25) is 0 Å². The number of para-hydroxylation sites is 2. The molecule has 1 aliphatic carbocycles. The van der Waals surface area contributed by atoms with Crippen molar-refractivity contribution in [2.75, 3.05) is 0 Å². The number of fused-ring (bicyclic) bond motifs is 11. The van der Waals surface area contributed by atoms with Crippen LogP contribution in [-0.2, 0) is 0 Å². The van der Waals surface area contributed by atoms with E-state index in [1.54, 1.807) is 0 Å². The first-order valence-corrected chi connectivity index (χ1v) is 20.1. The molecule has 2 nitrogen and oxygen atoms in total. The molecule has 0 N–H and O–H groups in total. The number of nitrogens with zero attached hydrogens (tertiary/aromatic N) is 2. The molecule has 58 heavy (non-hydrogen) atoms. The number of benzene rings is 10. The van der Waals surface area contributed by atoms with Crippen molar-refractivity contribution in [3.63, 3.8) is 0 Å². The maximum Gasteiger partial charge on any atom is 0.0619 e. The van der Waals surface area contributed by atoms with Gasteiger partial charge in [-0.05, 0) is 109 Å². The van der Waals surface area contributed by atoms with E-state index in [-0.39, 0.29) is 0 Å². The number of rotatable bonds is 4. The summed E-state index contributed by atoms with van der Waals surface area (Å²) in [6.07, 6.45) is 0. The molecule has 0 bridgehead atoms. The largest absolute Gasteiger partial charge is 0.309 e. The molecule has 268 valence electrons. The lowest BCUT2D eigenvalue weighted by atomic mass is 9.94. The second-order valence-electron chi connectivity index (χ2n) is 15.7. The zero-order valence-corrected chi connectivity index (χ0v) is 31.5. The van der Waals surface area contributed by atoms with Crippen LogP contribution in [-0.4, -0.2) is 9.13 Å². The second kappa shape index (κ2) is 11.9. The summed E-state index contributed by atoms with van der Waals surface area (Å²) in [5.74, 6) is 0. The molecular formula is C56H34N2. The van der Waals surface area contributed by atoms with E-state index in [9.17, 15) is 0 Å². The molecule has 0 saturated heterocycles. The van der Waals surface area contributed by atoms with Crippen molar-refractivity contribution in [2.24, 2.45) is 0 Å². The minimum Gasteiger partial charge on any atom is -0.309 e. The Bertz CT molecular complexity index is 3630. The van der Waals surface area contributed by atoms with Gasteiger partial charge in [0.25, 0.3) is 0 Å². The molecule has 1 aliphatic rings. The number of aromatic nitrogens is 2. The van der Waals surface area contributed by atoms with Crippen LogP contribution >= 0.6 is 0 Å². The third-order valence-corrected chi connectivity index (χ3v) is 12.7. The third-order valence-electron chi connectivity index (χ3n) is 12.7. The molecular weight excluding hydrogens is 701 g/mol. The summed E-state index contributed by atoms with van der Waals surface area (Å²) in [5.41, 5.74) is 17.4. The minimum atomic E-state index is 1.15. The van der Waals surface area contributed by atoms with E-state index in [4.69, 9.17) is 0 Å². The van der Waals surface area contributed by atoms with Crippen LogP contribution in [0.3, 0.4) is 0 Å². The molecule has 0 radical (unpaired) electrons. The molecule has 2 aromatic heterocycles. The van der Waals surface area contributed by atoms with Gasteiger partial charge in [-0.2, -0.15) is 0 Å². The molecule has 10 aromatic carbocycles. The zero-order chi connectivity index (χ0) is 37.9. The highest BCUT2D eigenvalue weighted by atomic mass is 15.0. The molecule has 13 rings (SSSR count). The molecule has 0 aliphatic heterocycles. The molecule has 0 saturated carbocycles. The first kappa shape index (κ1) is 31.5. The Morgan fingerprint density at radius 3 is 1.71 bits per heavy atom. The fraction of sp³-hybridized carbons (Fsp3) is 0.